The molecule has 0 aromatic rings. The van der Waals surface area contributed by atoms with Gasteiger partial charge in [0.2, 0.25) is 0 Å². The average molecular weight is 199 g/mol. The van der Waals surface area contributed by atoms with E-state index >= 15 is 0 Å². The molecule has 1 saturated heterocycles. The van der Waals surface area contributed by atoms with Crippen molar-refractivity contribution in [2.24, 2.45) is 5.41 Å². The Morgan fingerprint density at radius 1 is 1.14 bits per heavy atom. The van der Waals surface area contributed by atoms with Crippen molar-refractivity contribution in [3.05, 3.63) is 0 Å². The monoisotopic (exact) mass is 199 g/mol. The predicted molar refractivity (Wildman–Crippen MR) is 61.6 cm³/mol. The predicted octanol–water partition coefficient (Wildman–Crippen LogP) is 0.479. The molecule has 0 aromatic heterocycles. The van der Waals surface area contributed by atoms with Crippen LogP contribution in [0.4, 0.5) is 0 Å². The third-order valence-corrected chi connectivity index (χ3v) is 2.90. The van der Waals surface area contributed by atoms with Crippen molar-refractivity contribution in [1.82, 2.24) is 15.1 Å². The number of hydrogen-bond acceptors (Lipinski definition) is 3. The maximum atomic E-state index is 3.27. The maximum absolute atomic E-state index is 3.27. The molecule has 3 heteroatoms. The summed E-state index contributed by atoms with van der Waals surface area (Å²) in [5.74, 6) is 0. The van der Waals surface area contributed by atoms with Gasteiger partial charge in [-0.25, -0.2) is 0 Å². The van der Waals surface area contributed by atoms with E-state index in [1.54, 1.807) is 0 Å². The van der Waals surface area contributed by atoms with Gasteiger partial charge in [0.05, 0.1) is 0 Å². The fourth-order valence-corrected chi connectivity index (χ4v) is 2.15. The molecule has 0 radical (unpaired) electrons. The molecule has 14 heavy (non-hydrogen) atoms. The summed E-state index contributed by atoms with van der Waals surface area (Å²) in [6.45, 7) is 11.9. The average Bonchev–Trinajstić information content (AvgIpc) is 2.08. The summed E-state index contributed by atoms with van der Waals surface area (Å²) in [4.78, 5) is 4.99. The third kappa shape index (κ3) is 3.95. The van der Waals surface area contributed by atoms with Gasteiger partial charge in [0, 0.05) is 39.3 Å². The molecule has 0 amide bonds. The lowest BCUT2D eigenvalue weighted by Crippen LogP contribution is -2.49. The first-order chi connectivity index (χ1) is 6.53. The molecule has 0 saturated carbocycles. The Labute approximate surface area is 88.5 Å². The van der Waals surface area contributed by atoms with Crippen LogP contribution in [0.2, 0.25) is 0 Å². The Kier molecular flexibility index (Phi) is 4.35. The SMILES string of the molecule is CNCC(C)(C)CN1CCN(C)CC1. The van der Waals surface area contributed by atoms with E-state index in [-0.39, 0.29) is 0 Å². The molecule has 1 heterocycles. The summed E-state index contributed by atoms with van der Waals surface area (Å²) in [7, 11) is 4.24. The van der Waals surface area contributed by atoms with E-state index in [0.29, 0.717) is 5.41 Å². The van der Waals surface area contributed by atoms with Gasteiger partial charge in [0.1, 0.15) is 0 Å². The minimum atomic E-state index is 0.394. The molecule has 1 aliphatic rings. The molecular formula is C11H25N3. The molecule has 0 atom stereocenters. The lowest BCUT2D eigenvalue weighted by atomic mass is 9.92. The van der Waals surface area contributed by atoms with Crippen LogP contribution in [0.3, 0.4) is 0 Å². The quantitative estimate of drug-likeness (QED) is 0.710. The zero-order valence-electron chi connectivity index (χ0n) is 10.1. The summed E-state index contributed by atoms with van der Waals surface area (Å²) in [6.07, 6.45) is 0. The van der Waals surface area contributed by atoms with Crippen LogP contribution in [-0.4, -0.2) is 63.2 Å². The van der Waals surface area contributed by atoms with Gasteiger partial charge in [0.15, 0.2) is 0 Å². The zero-order valence-corrected chi connectivity index (χ0v) is 10.1. The van der Waals surface area contributed by atoms with Gasteiger partial charge in [0.25, 0.3) is 0 Å². The highest BCUT2D eigenvalue weighted by molar-refractivity contribution is 4.78. The molecular weight excluding hydrogens is 174 g/mol. The van der Waals surface area contributed by atoms with Gasteiger partial charge < -0.3 is 15.1 Å². The smallest absolute Gasteiger partial charge is 0.0110 e. The van der Waals surface area contributed by atoms with Gasteiger partial charge in [-0.05, 0) is 19.5 Å². The van der Waals surface area contributed by atoms with Crippen molar-refractivity contribution < 1.29 is 0 Å². The topological polar surface area (TPSA) is 18.5 Å². The Morgan fingerprint density at radius 2 is 1.71 bits per heavy atom. The molecule has 0 aliphatic carbocycles. The fraction of sp³-hybridized carbons (Fsp3) is 1.00. The van der Waals surface area contributed by atoms with Crippen molar-refractivity contribution in [3.63, 3.8) is 0 Å². The first-order valence-corrected chi connectivity index (χ1v) is 5.59. The van der Waals surface area contributed by atoms with Crippen molar-refractivity contribution in [2.75, 3.05) is 53.4 Å². The second-order valence-corrected chi connectivity index (χ2v) is 5.27. The van der Waals surface area contributed by atoms with Gasteiger partial charge in [-0.2, -0.15) is 0 Å². The number of nitrogens with zero attached hydrogens (tertiary/aromatic N) is 2. The first kappa shape index (κ1) is 12.0. The van der Waals surface area contributed by atoms with E-state index in [1.807, 2.05) is 7.05 Å². The minimum absolute atomic E-state index is 0.394. The summed E-state index contributed by atoms with van der Waals surface area (Å²) < 4.78 is 0. The molecule has 1 N–H and O–H groups in total. The molecule has 0 bridgehead atoms. The van der Waals surface area contributed by atoms with Crippen LogP contribution in [0.15, 0.2) is 0 Å². The Hall–Kier alpha value is -0.120. The maximum Gasteiger partial charge on any atom is 0.0110 e. The summed E-state index contributed by atoms with van der Waals surface area (Å²) in [5, 5.41) is 3.27. The molecule has 1 rings (SSSR count). The van der Waals surface area contributed by atoms with Crippen LogP contribution in [0.5, 0.6) is 0 Å². The molecule has 0 aromatic carbocycles. The minimum Gasteiger partial charge on any atom is -0.319 e. The lowest BCUT2D eigenvalue weighted by Gasteiger charge is -2.37. The van der Waals surface area contributed by atoms with Crippen molar-refractivity contribution >= 4 is 0 Å². The number of rotatable bonds is 4. The number of piperazine rings is 1. The van der Waals surface area contributed by atoms with Gasteiger partial charge in [-0.1, -0.05) is 13.8 Å². The van der Waals surface area contributed by atoms with E-state index in [9.17, 15) is 0 Å². The molecule has 0 spiro atoms. The van der Waals surface area contributed by atoms with Crippen LogP contribution in [-0.2, 0) is 0 Å². The number of nitrogens with one attached hydrogen (secondary N) is 1. The Balaban J connectivity index is 2.29. The lowest BCUT2D eigenvalue weighted by molar-refractivity contribution is 0.111. The van der Waals surface area contributed by atoms with E-state index in [4.69, 9.17) is 0 Å². The fourth-order valence-electron chi connectivity index (χ4n) is 2.15. The summed E-state index contributed by atoms with van der Waals surface area (Å²) >= 11 is 0. The van der Waals surface area contributed by atoms with E-state index < -0.39 is 0 Å². The zero-order chi connectivity index (χ0) is 10.6. The number of hydrogen-bond donors (Lipinski definition) is 1. The highest BCUT2D eigenvalue weighted by Gasteiger charge is 2.23. The van der Waals surface area contributed by atoms with Gasteiger partial charge in [-0.3, -0.25) is 0 Å². The largest absolute Gasteiger partial charge is 0.319 e. The van der Waals surface area contributed by atoms with Crippen LogP contribution in [0, 0.1) is 5.41 Å². The normalized spacial score (nSPS) is 21.4. The van der Waals surface area contributed by atoms with Gasteiger partial charge in [-0.15, -0.1) is 0 Å². The van der Waals surface area contributed by atoms with Crippen molar-refractivity contribution in [3.8, 4) is 0 Å². The first-order valence-electron chi connectivity index (χ1n) is 5.59. The van der Waals surface area contributed by atoms with Crippen LogP contribution >= 0.6 is 0 Å². The third-order valence-electron chi connectivity index (χ3n) is 2.90. The summed E-state index contributed by atoms with van der Waals surface area (Å²) in [6, 6.07) is 0. The highest BCUT2D eigenvalue weighted by Crippen LogP contribution is 2.16. The van der Waals surface area contributed by atoms with Gasteiger partial charge >= 0.3 is 0 Å². The summed E-state index contributed by atoms with van der Waals surface area (Å²) in [5.41, 5.74) is 0.394. The van der Waals surface area contributed by atoms with E-state index in [0.717, 1.165) is 6.54 Å². The molecule has 84 valence electrons. The molecule has 3 nitrogen and oxygen atoms in total. The molecule has 0 unspecified atom stereocenters. The van der Waals surface area contributed by atoms with Crippen molar-refractivity contribution in [2.45, 2.75) is 13.8 Å². The number of likely N-dealkylation sites (N-methyl/N-ethyl adjacent to an activating group) is 1. The van der Waals surface area contributed by atoms with E-state index in [2.05, 4.69) is 36.0 Å². The van der Waals surface area contributed by atoms with Crippen LogP contribution in [0.25, 0.3) is 0 Å². The second kappa shape index (κ2) is 5.10. The Morgan fingerprint density at radius 3 is 2.21 bits per heavy atom. The molecule has 1 aliphatic heterocycles. The second-order valence-electron chi connectivity index (χ2n) is 5.27. The van der Waals surface area contributed by atoms with Crippen LogP contribution in [0.1, 0.15) is 13.8 Å². The standard InChI is InChI=1S/C11H25N3/c1-11(2,9-12-3)10-14-7-5-13(4)6-8-14/h12H,5-10H2,1-4H3. The van der Waals surface area contributed by atoms with Crippen LogP contribution < -0.4 is 5.32 Å². The van der Waals surface area contributed by atoms with E-state index in [1.165, 1.54) is 32.7 Å². The Bertz CT molecular complexity index is 160. The van der Waals surface area contributed by atoms with Crippen molar-refractivity contribution in [1.29, 1.82) is 0 Å². The highest BCUT2D eigenvalue weighted by atomic mass is 15.2. The molecule has 1 fully saturated rings.